The van der Waals surface area contributed by atoms with Crippen molar-refractivity contribution in [1.29, 1.82) is 0 Å². The molecule has 1 N–H and O–H groups in total. The van der Waals surface area contributed by atoms with E-state index in [0.29, 0.717) is 5.92 Å². The Kier molecular flexibility index (Phi) is 8.67. The molecule has 0 spiro atoms. The van der Waals surface area contributed by atoms with Crippen LogP contribution in [0, 0.1) is 5.92 Å². The van der Waals surface area contributed by atoms with Gasteiger partial charge in [-0.3, -0.25) is 4.99 Å². The van der Waals surface area contributed by atoms with E-state index < -0.39 is 0 Å². The van der Waals surface area contributed by atoms with Crippen LogP contribution in [0.2, 0.25) is 0 Å². The molecule has 1 aromatic carbocycles. The Morgan fingerprint density at radius 3 is 2.33 bits per heavy atom. The second-order valence-corrected chi connectivity index (χ2v) is 8.48. The highest BCUT2D eigenvalue weighted by atomic mass is 16.5. The lowest BCUT2D eigenvalue weighted by Gasteiger charge is -2.30. The summed E-state index contributed by atoms with van der Waals surface area (Å²) in [5.41, 5.74) is 1.28. The number of methoxy groups -OCH3 is 2. The number of guanidine groups is 1. The molecule has 1 atom stereocenters. The van der Waals surface area contributed by atoms with E-state index in [-0.39, 0.29) is 0 Å². The van der Waals surface area contributed by atoms with Crippen LogP contribution in [-0.4, -0.2) is 75.8 Å². The maximum Gasteiger partial charge on any atom is 0.193 e. The smallest absolute Gasteiger partial charge is 0.193 e. The number of hydrogen-bond acceptors (Lipinski definition) is 4. The largest absolute Gasteiger partial charge is 0.497 e. The third-order valence-corrected chi connectivity index (χ3v) is 6.62. The molecule has 168 valence electrons. The number of aliphatic imine (C=N–C) groups is 1. The summed E-state index contributed by atoms with van der Waals surface area (Å²) in [4.78, 5) is 9.97. The lowest BCUT2D eigenvalue weighted by Crippen LogP contribution is -2.40. The number of likely N-dealkylation sites (tertiary alicyclic amines) is 2. The molecular weight excluding hydrogens is 376 g/mol. The van der Waals surface area contributed by atoms with E-state index in [4.69, 9.17) is 14.5 Å². The topological polar surface area (TPSA) is 49.3 Å². The summed E-state index contributed by atoms with van der Waals surface area (Å²) >= 11 is 0. The van der Waals surface area contributed by atoms with Gasteiger partial charge in [-0.15, -0.1) is 0 Å². The summed E-state index contributed by atoms with van der Waals surface area (Å²) in [5.74, 6) is 4.09. The van der Waals surface area contributed by atoms with Crippen molar-refractivity contribution >= 4 is 5.96 Å². The second-order valence-electron chi connectivity index (χ2n) is 8.48. The number of piperidine rings is 1. The Hall–Kier alpha value is -1.95. The molecule has 2 aliphatic heterocycles. The molecule has 0 aliphatic carbocycles. The number of nitrogens with zero attached hydrogens (tertiary/aromatic N) is 3. The Morgan fingerprint density at radius 2 is 1.73 bits per heavy atom. The van der Waals surface area contributed by atoms with Gasteiger partial charge in [0.1, 0.15) is 11.5 Å². The van der Waals surface area contributed by atoms with Gasteiger partial charge in [0.15, 0.2) is 5.96 Å². The lowest BCUT2D eigenvalue weighted by atomic mass is 9.94. The van der Waals surface area contributed by atoms with Crippen molar-refractivity contribution in [2.75, 3.05) is 60.0 Å². The Bertz CT molecular complexity index is 664. The first-order valence-corrected chi connectivity index (χ1v) is 11.6. The fraction of sp³-hybridized carbons (Fsp3) is 0.708. The first-order chi connectivity index (χ1) is 14.7. The standard InChI is InChI=1S/C24H40N4O2/c1-5-25-24(26-11-7-19-8-12-27(6-2)13-9-19)28-14-10-20(18-28)21-15-22(29-3)17-23(16-21)30-4/h15-17,19-20H,5-14,18H2,1-4H3,(H,25,26). The molecule has 2 aliphatic rings. The fourth-order valence-corrected chi connectivity index (χ4v) is 4.66. The van der Waals surface area contributed by atoms with Gasteiger partial charge in [0.25, 0.3) is 0 Å². The van der Waals surface area contributed by atoms with Crippen LogP contribution in [0.3, 0.4) is 0 Å². The minimum Gasteiger partial charge on any atom is -0.497 e. The Morgan fingerprint density at radius 1 is 1.03 bits per heavy atom. The van der Waals surface area contributed by atoms with Crippen molar-refractivity contribution in [2.45, 2.75) is 45.4 Å². The zero-order valence-electron chi connectivity index (χ0n) is 19.3. The van der Waals surface area contributed by atoms with Gasteiger partial charge in [-0.2, -0.15) is 0 Å². The number of hydrogen-bond donors (Lipinski definition) is 1. The molecule has 1 unspecified atom stereocenters. The average Bonchev–Trinajstić information content (AvgIpc) is 3.29. The molecule has 3 rings (SSSR count). The molecule has 6 heteroatoms. The number of ether oxygens (including phenoxy) is 2. The molecule has 0 saturated carbocycles. The highest BCUT2D eigenvalue weighted by Gasteiger charge is 2.27. The summed E-state index contributed by atoms with van der Waals surface area (Å²) in [6.45, 7) is 11.9. The van der Waals surface area contributed by atoms with Crippen LogP contribution < -0.4 is 14.8 Å². The van der Waals surface area contributed by atoms with Crippen LogP contribution in [0.5, 0.6) is 11.5 Å². The maximum absolute atomic E-state index is 5.46. The Balaban J connectivity index is 1.57. The quantitative estimate of drug-likeness (QED) is 0.519. The number of benzene rings is 1. The predicted molar refractivity (Wildman–Crippen MR) is 124 cm³/mol. The second kappa shape index (κ2) is 11.4. The molecular formula is C24H40N4O2. The lowest BCUT2D eigenvalue weighted by molar-refractivity contribution is 0.188. The summed E-state index contributed by atoms with van der Waals surface area (Å²) < 4.78 is 10.9. The van der Waals surface area contributed by atoms with E-state index in [9.17, 15) is 0 Å². The molecule has 2 heterocycles. The minimum absolute atomic E-state index is 0.469. The zero-order chi connectivity index (χ0) is 21.3. The van der Waals surface area contributed by atoms with Gasteiger partial charge < -0.3 is 24.6 Å². The monoisotopic (exact) mass is 416 g/mol. The summed E-state index contributed by atoms with van der Waals surface area (Å²) in [7, 11) is 3.42. The van der Waals surface area contributed by atoms with Crippen LogP contribution >= 0.6 is 0 Å². The molecule has 0 bridgehead atoms. The molecule has 0 radical (unpaired) electrons. The van der Waals surface area contributed by atoms with E-state index in [0.717, 1.165) is 56.0 Å². The molecule has 2 saturated heterocycles. The van der Waals surface area contributed by atoms with Crippen LogP contribution in [0.4, 0.5) is 0 Å². The van der Waals surface area contributed by atoms with E-state index in [1.807, 2.05) is 6.07 Å². The van der Waals surface area contributed by atoms with Gasteiger partial charge in [0.05, 0.1) is 14.2 Å². The van der Waals surface area contributed by atoms with E-state index in [1.54, 1.807) is 14.2 Å². The van der Waals surface area contributed by atoms with Gasteiger partial charge in [0.2, 0.25) is 0 Å². The van der Waals surface area contributed by atoms with Gasteiger partial charge in [0, 0.05) is 38.2 Å². The van der Waals surface area contributed by atoms with Crippen molar-refractivity contribution < 1.29 is 9.47 Å². The molecule has 6 nitrogen and oxygen atoms in total. The molecule has 0 amide bonds. The Labute approximate surface area is 182 Å². The third kappa shape index (κ3) is 6.03. The SMILES string of the molecule is CCNC(=NCCC1CCN(CC)CC1)N1CCC(c2cc(OC)cc(OC)c2)C1. The average molecular weight is 417 g/mol. The van der Waals surface area contributed by atoms with Crippen molar-refractivity contribution in [3.63, 3.8) is 0 Å². The van der Waals surface area contributed by atoms with Gasteiger partial charge in [-0.05, 0) is 75.9 Å². The highest BCUT2D eigenvalue weighted by Crippen LogP contribution is 2.33. The van der Waals surface area contributed by atoms with Crippen molar-refractivity contribution in [3.8, 4) is 11.5 Å². The third-order valence-electron chi connectivity index (χ3n) is 6.62. The van der Waals surface area contributed by atoms with Gasteiger partial charge in [-0.1, -0.05) is 6.92 Å². The van der Waals surface area contributed by atoms with E-state index >= 15 is 0 Å². The molecule has 30 heavy (non-hydrogen) atoms. The van der Waals surface area contributed by atoms with Crippen molar-refractivity contribution in [2.24, 2.45) is 10.9 Å². The first-order valence-electron chi connectivity index (χ1n) is 11.6. The highest BCUT2D eigenvalue weighted by molar-refractivity contribution is 5.80. The predicted octanol–water partition coefficient (Wildman–Crippen LogP) is 3.58. The summed E-state index contributed by atoms with van der Waals surface area (Å²) in [6.07, 6.45) is 4.97. The molecule has 0 aromatic heterocycles. The van der Waals surface area contributed by atoms with Crippen LogP contribution in [0.1, 0.15) is 51.0 Å². The van der Waals surface area contributed by atoms with Crippen LogP contribution in [-0.2, 0) is 0 Å². The number of rotatable bonds is 8. The normalized spacial score (nSPS) is 21.1. The first kappa shape index (κ1) is 22.7. The summed E-state index contributed by atoms with van der Waals surface area (Å²) in [5, 5.41) is 3.51. The molecule has 1 aromatic rings. The summed E-state index contributed by atoms with van der Waals surface area (Å²) in [6, 6.07) is 6.22. The maximum atomic E-state index is 5.46. The van der Waals surface area contributed by atoms with Crippen LogP contribution in [0.15, 0.2) is 23.2 Å². The van der Waals surface area contributed by atoms with Crippen molar-refractivity contribution in [3.05, 3.63) is 23.8 Å². The zero-order valence-corrected chi connectivity index (χ0v) is 19.3. The van der Waals surface area contributed by atoms with E-state index in [2.05, 4.69) is 41.1 Å². The number of nitrogens with one attached hydrogen (secondary N) is 1. The van der Waals surface area contributed by atoms with Gasteiger partial charge >= 0.3 is 0 Å². The molecule has 2 fully saturated rings. The van der Waals surface area contributed by atoms with E-state index in [1.165, 1.54) is 44.5 Å². The van der Waals surface area contributed by atoms with Gasteiger partial charge in [-0.25, -0.2) is 0 Å². The fourth-order valence-electron chi connectivity index (χ4n) is 4.66. The minimum atomic E-state index is 0.469. The van der Waals surface area contributed by atoms with Crippen LogP contribution in [0.25, 0.3) is 0 Å². The van der Waals surface area contributed by atoms with Crippen molar-refractivity contribution in [1.82, 2.24) is 15.1 Å².